The molecule has 0 aliphatic rings. The number of aromatic amines is 1. The van der Waals surface area contributed by atoms with E-state index in [0.717, 1.165) is 51.5 Å². The van der Waals surface area contributed by atoms with Crippen molar-refractivity contribution in [3.8, 4) is 11.5 Å². The molecule has 0 spiro atoms. The van der Waals surface area contributed by atoms with E-state index >= 15 is 0 Å². The average Bonchev–Trinajstić information content (AvgIpc) is 3.02. The summed E-state index contributed by atoms with van der Waals surface area (Å²) in [7, 11) is 0. The molecule has 4 aromatic rings. The first-order valence-corrected chi connectivity index (χ1v) is 15.4. The van der Waals surface area contributed by atoms with Gasteiger partial charge >= 0.3 is 6.09 Å². The number of H-pyrrole nitrogens is 1. The fourth-order valence-electron chi connectivity index (χ4n) is 5.15. The number of halogens is 1. The molecule has 4 rings (SSSR count). The molecule has 10 heteroatoms. The number of rotatable bonds is 17. The van der Waals surface area contributed by atoms with Gasteiger partial charge in [0, 0.05) is 23.7 Å². The Morgan fingerprint density at radius 2 is 1.64 bits per heavy atom. The maximum atomic E-state index is 11.8. The summed E-state index contributed by atoms with van der Waals surface area (Å²) in [4.78, 5) is 27.3. The summed E-state index contributed by atoms with van der Waals surface area (Å²) in [6, 6.07) is 20.6. The van der Waals surface area contributed by atoms with E-state index < -0.39 is 12.2 Å². The van der Waals surface area contributed by atoms with Crippen molar-refractivity contribution in [1.82, 2.24) is 10.3 Å². The van der Waals surface area contributed by atoms with Gasteiger partial charge in [0.05, 0.1) is 29.8 Å². The molecule has 0 aliphatic carbocycles. The number of hydrogen-bond acceptors (Lipinski definition) is 6. The third-order valence-electron chi connectivity index (χ3n) is 7.53. The number of nitrogens with zero attached hydrogens (tertiary/aromatic N) is 1. The van der Waals surface area contributed by atoms with Gasteiger partial charge in [0.1, 0.15) is 11.5 Å². The van der Waals surface area contributed by atoms with E-state index in [1.807, 2.05) is 18.2 Å². The fraction of sp³-hybridized carbons (Fsp3) is 0.353. The van der Waals surface area contributed by atoms with Crippen LogP contribution in [0.5, 0.6) is 11.5 Å². The molecule has 1 heterocycles. The van der Waals surface area contributed by atoms with Crippen molar-refractivity contribution in [3.05, 3.63) is 99.3 Å². The number of carbonyl (C=O) groups is 1. The van der Waals surface area contributed by atoms with Crippen LogP contribution in [0.1, 0.15) is 62.2 Å². The van der Waals surface area contributed by atoms with Gasteiger partial charge in [-0.15, -0.1) is 0 Å². The normalized spacial score (nSPS) is 11.9. The number of phenols is 1. The quantitative estimate of drug-likeness (QED) is 0.0801. The average molecular weight is 622 g/mol. The minimum Gasteiger partial charge on any atom is -0.506 e. The maximum absolute atomic E-state index is 11.8. The molecule has 0 bridgehead atoms. The highest BCUT2D eigenvalue weighted by molar-refractivity contribution is 6.32. The lowest BCUT2D eigenvalue weighted by molar-refractivity contribution is 0.176. The molecular weight excluding hydrogens is 582 g/mol. The Morgan fingerprint density at radius 1 is 0.909 bits per heavy atom. The number of fused-ring (bicyclic) bond motifs is 1. The van der Waals surface area contributed by atoms with E-state index in [1.165, 1.54) is 17.0 Å². The smallest absolute Gasteiger partial charge is 0.412 e. The summed E-state index contributed by atoms with van der Waals surface area (Å²) in [5.41, 5.74) is 1.96. The molecule has 44 heavy (non-hydrogen) atoms. The van der Waals surface area contributed by atoms with Crippen LogP contribution in [0.15, 0.2) is 77.6 Å². The number of amides is 1. The van der Waals surface area contributed by atoms with E-state index in [2.05, 4.69) is 10.3 Å². The zero-order valence-electron chi connectivity index (χ0n) is 24.7. The minimum atomic E-state index is -1.05. The van der Waals surface area contributed by atoms with Crippen LogP contribution in [-0.2, 0) is 6.54 Å². The van der Waals surface area contributed by atoms with Crippen molar-refractivity contribution in [2.24, 2.45) is 0 Å². The van der Waals surface area contributed by atoms with Crippen LogP contribution in [0.2, 0.25) is 5.02 Å². The van der Waals surface area contributed by atoms with Crippen LogP contribution in [0, 0.1) is 0 Å². The number of unbranched alkanes of at least 4 members (excludes halogenated alkanes) is 6. The van der Waals surface area contributed by atoms with Crippen LogP contribution < -0.4 is 20.5 Å². The van der Waals surface area contributed by atoms with E-state index in [1.54, 1.807) is 42.5 Å². The molecule has 9 nitrogen and oxygen atoms in total. The van der Waals surface area contributed by atoms with E-state index in [9.17, 15) is 24.9 Å². The zero-order valence-corrected chi connectivity index (χ0v) is 25.4. The Hall–Kier alpha value is -4.05. The lowest BCUT2D eigenvalue weighted by atomic mass is 10.0. The molecule has 1 amide bonds. The molecule has 0 unspecified atom stereocenters. The standard InChI is InChI=1S/C34H40ClN3O6/c35-32-24(23-38(34(42)43)25-13-7-6-8-14-25)12-11-15-30(32)44-21-10-5-3-1-2-4-9-20-36-22-29(40)26-16-18-28(39)33-27(26)17-19-31(41)37-33/h6-8,11-19,29,36,39-40H,1-5,9-10,20-23H2,(H,37,41)(H,42,43)/t29-/m0/s1. The third-order valence-corrected chi connectivity index (χ3v) is 7.96. The highest BCUT2D eigenvalue weighted by atomic mass is 35.5. The highest BCUT2D eigenvalue weighted by Gasteiger charge is 2.18. The number of aromatic hydroxyl groups is 1. The Bertz CT molecular complexity index is 1560. The van der Waals surface area contributed by atoms with Gasteiger partial charge in [-0.05, 0) is 60.8 Å². The lowest BCUT2D eigenvalue weighted by Crippen LogP contribution is -2.28. The first kappa shape index (κ1) is 32.9. The monoisotopic (exact) mass is 621 g/mol. The molecule has 5 N–H and O–H groups in total. The van der Waals surface area contributed by atoms with E-state index in [0.29, 0.717) is 51.6 Å². The molecular formula is C34H40ClN3O6. The van der Waals surface area contributed by atoms with Crippen LogP contribution in [-0.4, -0.2) is 46.1 Å². The second-order valence-electron chi connectivity index (χ2n) is 10.8. The maximum Gasteiger partial charge on any atom is 0.412 e. The SMILES string of the molecule is O=C(O)N(Cc1cccc(OCCCCCCCCCNC[C@H](O)c2ccc(O)c3[nH]c(=O)ccc23)c1Cl)c1ccccc1. The Kier molecular flexibility index (Phi) is 12.5. The zero-order chi connectivity index (χ0) is 31.3. The number of phenolic OH excluding ortho intramolecular Hbond substituents is 1. The summed E-state index contributed by atoms with van der Waals surface area (Å²) in [6.45, 7) is 1.86. The molecule has 0 radical (unpaired) electrons. The number of ether oxygens (including phenoxy) is 1. The van der Waals surface area contributed by atoms with Gasteiger partial charge in [0.2, 0.25) is 5.56 Å². The number of nitrogens with one attached hydrogen (secondary N) is 2. The van der Waals surface area contributed by atoms with Crippen molar-refractivity contribution >= 4 is 34.3 Å². The molecule has 1 aromatic heterocycles. The molecule has 0 aliphatic heterocycles. The summed E-state index contributed by atoms with van der Waals surface area (Å²) in [6.07, 6.45) is 5.66. The molecule has 1 atom stereocenters. The van der Waals surface area contributed by atoms with Crippen LogP contribution in [0.3, 0.4) is 0 Å². The van der Waals surface area contributed by atoms with Crippen molar-refractivity contribution in [2.75, 3.05) is 24.6 Å². The molecule has 0 saturated carbocycles. The van der Waals surface area contributed by atoms with Gasteiger partial charge in [0.15, 0.2) is 0 Å². The van der Waals surface area contributed by atoms with Gasteiger partial charge in [-0.2, -0.15) is 0 Å². The second kappa shape index (κ2) is 16.7. The third kappa shape index (κ3) is 9.22. The number of aliphatic hydroxyl groups is 1. The van der Waals surface area contributed by atoms with Crippen molar-refractivity contribution in [2.45, 2.75) is 57.6 Å². The fourth-order valence-corrected chi connectivity index (χ4v) is 5.39. The first-order valence-electron chi connectivity index (χ1n) is 15.0. The Labute approximate surface area is 262 Å². The molecule has 0 saturated heterocycles. The van der Waals surface area contributed by atoms with Gasteiger partial charge in [-0.1, -0.05) is 80.1 Å². The van der Waals surface area contributed by atoms with Crippen LogP contribution in [0.4, 0.5) is 10.5 Å². The van der Waals surface area contributed by atoms with E-state index in [4.69, 9.17) is 16.3 Å². The molecule has 0 fully saturated rings. The van der Waals surface area contributed by atoms with Gasteiger partial charge < -0.3 is 30.4 Å². The minimum absolute atomic E-state index is 0.0192. The van der Waals surface area contributed by atoms with Crippen LogP contribution in [0.25, 0.3) is 10.9 Å². The molecule has 3 aromatic carbocycles. The first-order chi connectivity index (χ1) is 21.3. The molecule has 234 valence electrons. The second-order valence-corrected chi connectivity index (χ2v) is 11.1. The summed E-state index contributed by atoms with van der Waals surface area (Å²) in [5.74, 6) is 0.544. The van der Waals surface area contributed by atoms with E-state index in [-0.39, 0.29) is 17.9 Å². The van der Waals surface area contributed by atoms with Crippen LogP contribution >= 0.6 is 11.6 Å². The van der Waals surface area contributed by atoms with Gasteiger partial charge in [-0.3, -0.25) is 9.69 Å². The van der Waals surface area contributed by atoms with Gasteiger partial charge in [-0.25, -0.2) is 4.79 Å². The topological polar surface area (TPSA) is 135 Å². The predicted molar refractivity (Wildman–Crippen MR) is 174 cm³/mol. The summed E-state index contributed by atoms with van der Waals surface area (Å²) < 4.78 is 5.93. The van der Waals surface area contributed by atoms with Gasteiger partial charge in [0.25, 0.3) is 0 Å². The number of benzene rings is 3. The van der Waals surface area contributed by atoms with Crippen molar-refractivity contribution in [3.63, 3.8) is 0 Å². The highest BCUT2D eigenvalue weighted by Crippen LogP contribution is 2.31. The number of pyridine rings is 1. The number of aliphatic hydroxyl groups excluding tert-OH is 1. The number of hydrogen-bond donors (Lipinski definition) is 5. The lowest BCUT2D eigenvalue weighted by Gasteiger charge is -2.20. The summed E-state index contributed by atoms with van der Waals surface area (Å²) >= 11 is 6.58. The number of para-hydroxylation sites is 1. The number of anilines is 1. The Morgan fingerprint density at radius 3 is 2.39 bits per heavy atom. The Balaban J connectivity index is 1.07. The predicted octanol–water partition coefficient (Wildman–Crippen LogP) is 7.00. The largest absolute Gasteiger partial charge is 0.506 e. The number of aromatic nitrogens is 1. The van der Waals surface area contributed by atoms with Crippen molar-refractivity contribution in [1.29, 1.82) is 0 Å². The summed E-state index contributed by atoms with van der Waals surface area (Å²) in [5, 5.41) is 34.7. The number of carboxylic acid groups (broad SMARTS) is 1. The van der Waals surface area contributed by atoms with Crippen molar-refractivity contribution < 1.29 is 24.9 Å².